The highest BCUT2D eigenvalue weighted by Gasteiger charge is 2.22. The van der Waals surface area contributed by atoms with E-state index < -0.39 is 0 Å². The number of hydrogen-bond donors (Lipinski definition) is 0. The van der Waals surface area contributed by atoms with Crippen molar-refractivity contribution < 1.29 is 14.3 Å². The van der Waals surface area contributed by atoms with Crippen molar-refractivity contribution in [2.24, 2.45) is 0 Å². The lowest BCUT2D eigenvalue weighted by Gasteiger charge is -2.18. The van der Waals surface area contributed by atoms with Gasteiger partial charge in [-0.05, 0) is 42.7 Å². The van der Waals surface area contributed by atoms with Crippen LogP contribution in [-0.2, 0) is 16.0 Å². The highest BCUT2D eigenvalue weighted by atomic mass is 16.5. The molecule has 19 heavy (non-hydrogen) atoms. The molecule has 0 aromatic heterocycles. The molecule has 4 nitrogen and oxygen atoms in total. The molecular weight excluding hydrogens is 242 g/mol. The van der Waals surface area contributed by atoms with Crippen molar-refractivity contribution in [1.29, 1.82) is 0 Å². The first-order valence-electron chi connectivity index (χ1n) is 6.24. The molecule has 0 bridgehead atoms. The van der Waals surface area contributed by atoms with Gasteiger partial charge in [0.1, 0.15) is 5.75 Å². The summed E-state index contributed by atoms with van der Waals surface area (Å²) in [7, 11) is 0. The number of aryl methyl sites for hydroxylation is 1. The normalized spacial score (nSPS) is 17.4. The summed E-state index contributed by atoms with van der Waals surface area (Å²) in [5, 5.41) is 0. The standard InChI is InChI=1S/C15H15NO3/c1-3-18-15(17)9-5-11-4-7-13-12(10-11)6-8-14(16-2)19-13/h4-5,7,9-10,14H,3,6,8H2,1H3/b9-5-. The van der Waals surface area contributed by atoms with E-state index >= 15 is 0 Å². The molecule has 1 aliphatic heterocycles. The van der Waals surface area contributed by atoms with Crippen molar-refractivity contribution >= 4 is 12.0 Å². The van der Waals surface area contributed by atoms with Gasteiger partial charge in [-0.15, -0.1) is 0 Å². The Morgan fingerprint density at radius 2 is 2.47 bits per heavy atom. The average molecular weight is 257 g/mol. The topological polar surface area (TPSA) is 39.9 Å². The largest absolute Gasteiger partial charge is 0.463 e. The number of esters is 1. The Morgan fingerprint density at radius 3 is 3.21 bits per heavy atom. The van der Waals surface area contributed by atoms with Crippen LogP contribution in [0.5, 0.6) is 5.75 Å². The molecular formula is C15H15NO3. The Morgan fingerprint density at radius 1 is 1.63 bits per heavy atom. The summed E-state index contributed by atoms with van der Waals surface area (Å²) in [4.78, 5) is 14.6. The van der Waals surface area contributed by atoms with Gasteiger partial charge in [0, 0.05) is 6.08 Å². The Hall–Kier alpha value is -2.28. The van der Waals surface area contributed by atoms with Crippen LogP contribution in [0.15, 0.2) is 24.3 Å². The molecule has 0 saturated heterocycles. The predicted molar refractivity (Wildman–Crippen MR) is 71.4 cm³/mol. The third-order valence-corrected chi connectivity index (χ3v) is 2.85. The van der Waals surface area contributed by atoms with E-state index in [4.69, 9.17) is 16.0 Å². The van der Waals surface area contributed by atoms with Crippen LogP contribution in [0.4, 0.5) is 0 Å². The van der Waals surface area contributed by atoms with Gasteiger partial charge in [0.2, 0.25) is 0 Å². The molecule has 0 spiro atoms. The van der Waals surface area contributed by atoms with Crippen LogP contribution in [0.25, 0.3) is 10.9 Å². The van der Waals surface area contributed by atoms with E-state index in [9.17, 15) is 4.79 Å². The van der Waals surface area contributed by atoms with E-state index in [1.54, 1.807) is 13.0 Å². The van der Waals surface area contributed by atoms with E-state index in [0.717, 1.165) is 23.3 Å². The molecule has 98 valence electrons. The van der Waals surface area contributed by atoms with E-state index in [1.807, 2.05) is 18.2 Å². The fourth-order valence-corrected chi connectivity index (χ4v) is 1.94. The zero-order valence-corrected chi connectivity index (χ0v) is 10.8. The Balaban J connectivity index is 2.10. The first kappa shape index (κ1) is 13.2. The van der Waals surface area contributed by atoms with E-state index in [0.29, 0.717) is 13.0 Å². The lowest BCUT2D eigenvalue weighted by Crippen LogP contribution is -2.18. The maximum atomic E-state index is 11.2. The van der Waals surface area contributed by atoms with E-state index in [-0.39, 0.29) is 12.2 Å². The van der Waals surface area contributed by atoms with Crippen LogP contribution < -0.4 is 4.74 Å². The Kier molecular flexibility index (Phi) is 4.19. The Labute approximate surface area is 112 Å². The molecule has 1 aliphatic rings. The summed E-state index contributed by atoms with van der Waals surface area (Å²) in [6.45, 7) is 9.12. The lowest BCUT2D eigenvalue weighted by atomic mass is 10.0. The van der Waals surface area contributed by atoms with Crippen molar-refractivity contribution in [3.8, 4) is 5.75 Å². The van der Waals surface area contributed by atoms with Crippen LogP contribution in [0, 0.1) is 6.57 Å². The number of nitrogens with zero attached hydrogens (tertiary/aromatic N) is 1. The second-order valence-corrected chi connectivity index (χ2v) is 4.19. The van der Waals surface area contributed by atoms with Crippen molar-refractivity contribution in [1.82, 2.24) is 0 Å². The first-order chi connectivity index (χ1) is 9.22. The molecule has 2 rings (SSSR count). The third-order valence-electron chi connectivity index (χ3n) is 2.85. The van der Waals surface area contributed by atoms with Gasteiger partial charge in [0.05, 0.1) is 13.0 Å². The smallest absolute Gasteiger partial charge is 0.366 e. The molecule has 1 heterocycles. The van der Waals surface area contributed by atoms with Crippen molar-refractivity contribution in [3.05, 3.63) is 46.8 Å². The SMILES string of the molecule is [C-]#[N+]C1CCc2cc(/C=C\C(=O)OCC)ccc2O1. The molecule has 0 N–H and O–H groups in total. The van der Waals surface area contributed by atoms with Crippen LogP contribution in [-0.4, -0.2) is 18.8 Å². The summed E-state index contributed by atoms with van der Waals surface area (Å²) < 4.78 is 10.4. The van der Waals surface area contributed by atoms with E-state index in [1.165, 1.54) is 6.08 Å². The predicted octanol–water partition coefficient (Wildman–Crippen LogP) is 2.83. The molecule has 1 aromatic rings. The van der Waals surface area contributed by atoms with Gasteiger partial charge in [0.15, 0.2) is 0 Å². The molecule has 4 heteroatoms. The summed E-state index contributed by atoms with van der Waals surface area (Å²) in [5.74, 6) is 0.421. The second kappa shape index (κ2) is 6.05. The number of carbonyl (C=O) groups is 1. The minimum Gasteiger partial charge on any atom is -0.463 e. The summed E-state index contributed by atoms with van der Waals surface area (Å²) in [6, 6.07) is 5.68. The van der Waals surface area contributed by atoms with Crippen LogP contribution in [0.2, 0.25) is 0 Å². The average Bonchev–Trinajstić information content (AvgIpc) is 2.44. The molecule has 1 atom stereocenters. The van der Waals surface area contributed by atoms with Crippen LogP contribution in [0.3, 0.4) is 0 Å². The highest BCUT2D eigenvalue weighted by molar-refractivity contribution is 5.87. The second-order valence-electron chi connectivity index (χ2n) is 4.19. The molecule has 0 amide bonds. The number of ether oxygens (including phenoxy) is 2. The minimum atomic E-state index is -0.367. The van der Waals surface area contributed by atoms with Crippen LogP contribution >= 0.6 is 0 Å². The van der Waals surface area contributed by atoms with Gasteiger partial charge >= 0.3 is 12.2 Å². The van der Waals surface area contributed by atoms with Crippen molar-refractivity contribution in [3.63, 3.8) is 0 Å². The monoisotopic (exact) mass is 257 g/mol. The number of hydrogen-bond acceptors (Lipinski definition) is 3. The number of fused-ring (bicyclic) bond motifs is 1. The van der Waals surface area contributed by atoms with Gasteiger partial charge < -0.3 is 9.47 Å². The summed E-state index contributed by atoms with van der Waals surface area (Å²) in [5.41, 5.74) is 2.00. The van der Waals surface area contributed by atoms with Gasteiger partial charge in [0.25, 0.3) is 0 Å². The maximum Gasteiger partial charge on any atom is 0.366 e. The zero-order chi connectivity index (χ0) is 13.7. The summed E-state index contributed by atoms with van der Waals surface area (Å²) >= 11 is 0. The van der Waals surface area contributed by atoms with Crippen molar-refractivity contribution in [2.75, 3.05) is 6.61 Å². The fraction of sp³-hybridized carbons (Fsp3) is 0.333. The lowest BCUT2D eigenvalue weighted by molar-refractivity contribution is -0.137. The highest BCUT2D eigenvalue weighted by Crippen LogP contribution is 2.29. The first-order valence-corrected chi connectivity index (χ1v) is 6.24. The number of benzene rings is 1. The van der Waals surface area contributed by atoms with E-state index in [2.05, 4.69) is 4.85 Å². The van der Waals surface area contributed by atoms with Gasteiger partial charge in [-0.2, -0.15) is 0 Å². The molecule has 0 aliphatic carbocycles. The van der Waals surface area contributed by atoms with Crippen LogP contribution in [0.1, 0.15) is 24.5 Å². The van der Waals surface area contributed by atoms with Gasteiger partial charge in [-0.3, -0.25) is 4.85 Å². The minimum absolute atomic E-state index is 0.343. The molecule has 1 unspecified atom stereocenters. The summed E-state index contributed by atoms with van der Waals surface area (Å²) in [6.07, 6.45) is 4.30. The van der Waals surface area contributed by atoms with Gasteiger partial charge in [-0.25, -0.2) is 11.4 Å². The Bertz CT molecular complexity index is 543. The van der Waals surface area contributed by atoms with Crippen molar-refractivity contribution in [2.45, 2.75) is 26.0 Å². The zero-order valence-electron chi connectivity index (χ0n) is 10.8. The fourth-order valence-electron chi connectivity index (χ4n) is 1.94. The number of rotatable bonds is 3. The molecule has 0 radical (unpaired) electrons. The quantitative estimate of drug-likeness (QED) is 0.475. The molecule has 0 saturated carbocycles. The maximum absolute atomic E-state index is 11.2. The third kappa shape index (κ3) is 3.35. The number of carbonyl (C=O) groups excluding carboxylic acids is 1. The molecule has 0 fully saturated rings. The molecule has 1 aromatic carbocycles. The van der Waals surface area contributed by atoms with Gasteiger partial charge in [-0.1, -0.05) is 6.07 Å².